The Morgan fingerprint density at radius 3 is 2.65 bits per heavy atom. The number of piperazine rings is 1. The Labute approximate surface area is 111 Å². The van der Waals surface area contributed by atoms with Gasteiger partial charge in [-0.2, -0.15) is 0 Å². The molecule has 0 amide bonds. The SMILES string of the molecule is Cc1cc(Br)c(C)c(CN2CCNCC2)c1O. The van der Waals surface area contributed by atoms with Gasteiger partial charge in [-0.3, -0.25) is 4.90 Å². The van der Waals surface area contributed by atoms with Gasteiger partial charge in [-0.1, -0.05) is 15.9 Å². The molecule has 1 aliphatic rings. The molecule has 0 bridgehead atoms. The molecule has 1 aromatic rings. The summed E-state index contributed by atoms with van der Waals surface area (Å²) in [6.07, 6.45) is 0. The van der Waals surface area contributed by atoms with Gasteiger partial charge < -0.3 is 10.4 Å². The van der Waals surface area contributed by atoms with Gasteiger partial charge in [-0.15, -0.1) is 0 Å². The van der Waals surface area contributed by atoms with Crippen molar-refractivity contribution in [2.24, 2.45) is 0 Å². The number of nitrogens with one attached hydrogen (secondary N) is 1. The van der Waals surface area contributed by atoms with Crippen molar-refractivity contribution >= 4 is 15.9 Å². The van der Waals surface area contributed by atoms with Crippen LogP contribution in [0.15, 0.2) is 10.5 Å². The Hall–Kier alpha value is -0.580. The zero-order valence-electron chi connectivity index (χ0n) is 10.4. The number of aromatic hydroxyl groups is 1. The van der Waals surface area contributed by atoms with Crippen LogP contribution >= 0.6 is 15.9 Å². The lowest BCUT2D eigenvalue weighted by Crippen LogP contribution is -2.43. The summed E-state index contributed by atoms with van der Waals surface area (Å²) < 4.78 is 1.08. The fourth-order valence-corrected chi connectivity index (χ4v) is 2.80. The molecule has 0 aliphatic carbocycles. The lowest BCUT2D eigenvalue weighted by Gasteiger charge is -2.28. The second-order valence-corrected chi connectivity index (χ2v) is 5.51. The lowest BCUT2D eigenvalue weighted by molar-refractivity contribution is 0.230. The first-order chi connectivity index (χ1) is 8.09. The highest BCUT2D eigenvalue weighted by Gasteiger charge is 2.16. The van der Waals surface area contributed by atoms with Crippen molar-refractivity contribution < 1.29 is 5.11 Å². The molecule has 1 aliphatic heterocycles. The zero-order chi connectivity index (χ0) is 12.4. The molecule has 0 aromatic heterocycles. The molecule has 94 valence electrons. The number of nitrogens with zero attached hydrogens (tertiary/aromatic N) is 1. The van der Waals surface area contributed by atoms with Gasteiger partial charge in [-0.25, -0.2) is 0 Å². The molecule has 2 N–H and O–H groups in total. The summed E-state index contributed by atoms with van der Waals surface area (Å²) in [6.45, 7) is 9.00. The van der Waals surface area contributed by atoms with E-state index in [0.29, 0.717) is 5.75 Å². The summed E-state index contributed by atoms with van der Waals surface area (Å²) in [5.41, 5.74) is 3.14. The summed E-state index contributed by atoms with van der Waals surface area (Å²) in [5, 5.41) is 13.5. The molecule has 1 heterocycles. The van der Waals surface area contributed by atoms with Crippen molar-refractivity contribution in [2.45, 2.75) is 20.4 Å². The Bertz CT molecular complexity index is 388. The van der Waals surface area contributed by atoms with Crippen LogP contribution in [0.1, 0.15) is 16.7 Å². The molecule has 1 fully saturated rings. The van der Waals surface area contributed by atoms with E-state index < -0.39 is 0 Å². The van der Waals surface area contributed by atoms with E-state index in [-0.39, 0.29) is 0 Å². The predicted octanol–water partition coefficient (Wildman–Crippen LogP) is 2.18. The van der Waals surface area contributed by atoms with E-state index in [1.54, 1.807) is 0 Å². The average Bonchev–Trinajstić information content (AvgIpc) is 2.33. The molecule has 0 saturated carbocycles. The minimum Gasteiger partial charge on any atom is -0.507 e. The highest BCUT2D eigenvalue weighted by molar-refractivity contribution is 9.10. The predicted molar refractivity (Wildman–Crippen MR) is 73.4 cm³/mol. The highest BCUT2D eigenvalue weighted by atomic mass is 79.9. The molecule has 3 nitrogen and oxygen atoms in total. The summed E-state index contributed by atoms with van der Waals surface area (Å²) in [7, 11) is 0. The molecule has 0 radical (unpaired) electrons. The second kappa shape index (κ2) is 5.38. The van der Waals surface area contributed by atoms with Crippen molar-refractivity contribution in [1.29, 1.82) is 0 Å². The summed E-state index contributed by atoms with van der Waals surface area (Å²) in [5.74, 6) is 0.448. The Morgan fingerprint density at radius 1 is 1.35 bits per heavy atom. The number of benzene rings is 1. The lowest BCUT2D eigenvalue weighted by atomic mass is 10.0. The fraction of sp³-hybridized carbons (Fsp3) is 0.538. The molecular weight excluding hydrogens is 280 g/mol. The molecule has 4 heteroatoms. The van der Waals surface area contributed by atoms with Crippen molar-refractivity contribution in [1.82, 2.24) is 10.2 Å². The van der Waals surface area contributed by atoms with Gasteiger partial charge in [0.25, 0.3) is 0 Å². The smallest absolute Gasteiger partial charge is 0.123 e. The van der Waals surface area contributed by atoms with Gasteiger partial charge in [0.1, 0.15) is 5.75 Å². The van der Waals surface area contributed by atoms with Gasteiger partial charge in [0.15, 0.2) is 0 Å². The van der Waals surface area contributed by atoms with Gasteiger partial charge >= 0.3 is 0 Å². The maximum absolute atomic E-state index is 10.2. The second-order valence-electron chi connectivity index (χ2n) is 4.65. The van der Waals surface area contributed by atoms with Crippen molar-refractivity contribution in [3.63, 3.8) is 0 Å². The number of aryl methyl sites for hydroxylation is 1. The van der Waals surface area contributed by atoms with Crippen molar-refractivity contribution in [2.75, 3.05) is 26.2 Å². The number of halogens is 1. The first-order valence-electron chi connectivity index (χ1n) is 6.00. The first-order valence-corrected chi connectivity index (χ1v) is 6.79. The van der Waals surface area contributed by atoms with E-state index in [1.165, 1.54) is 0 Å². The van der Waals surface area contributed by atoms with Crippen LogP contribution in [0.5, 0.6) is 5.75 Å². The summed E-state index contributed by atoms with van der Waals surface area (Å²) in [6, 6.07) is 1.98. The van der Waals surface area contributed by atoms with Crippen LogP contribution in [0.25, 0.3) is 0 Å². The fourth-order valence-electron chi connectivity index (χ4n) is 2.21. The molecule has 0 atom stereocenters. The molecule has 1 saturated heterocycles. The van der Waals surface area contributed by atoms with Crippen LogP contribution < -0.4 is 5.32 Å². The molecule has 0 unspecified atom stereocenters. The maximum Gasteiger partial charge on any atom is 0.123 e. The van der Waals surface area contributed by atoms with E-state index in [2.05, 4.69) is 33.1 Å². The highest BCUT2D eigenvalue weighted by Crippen LogP contribution is 2.32. The number of rotatable bonds is 2. The third-order valence-electron chi connectivity index (χ3n) is 3.40. The van der Waals surface area contributed by atoms with Gasteiger partial charge in [-0.05, 0) is 31.0 Å². The van der Waals surface area contributed by atoms with Crippen LogP contribution in [-0.4, -0.2) is 36.2 Å². The largest absolute Gasteiger partial charge is 0.507 e. The molecule has 17 heavy (non-hydrogen) atoms. The number of hydrogen-bond acceptors (Lipinski definition) is 3. The van der Waals surface area contributed by atoms with E-state index >= 15 is 0 Å². The van der Waals surface area contributed by atoms with E-state index in [4.69, 9.17) is 0 Å². The van der Waals surface area contributed by atoms with Crippen LogP contribution in [0.4, 0.5) is 0 Å². The van der Waals surface area contributed by atoms with E-state index in [1.807, 2.05) is 13.0 Å². The van der Waals surface area contributed by atoms with E-state index in [9.17, 15) is 5.11 Å². The third-order valence-corrected chi connectivity index (χ3v) is 4.23. The maximum atomic E-state index is 10.2. The van der Waals surface area contributed by atoms with Crippen LogP contribution in [0.3, 0.4) is 0 Å². The van der Waals surface area contributed by atoms with Crippen LogP contribution in [0, 0.1) is 13.8 Å². The quantitative estimate of drug-likeness (QED) is 0.878. The standard InChI is InChI=1S/C13H19BrN2O/c1-9-7-12(14)10(2)11(13(9)17)8-16-5-3-15-4-6-16/h7,15,17H,3-6,8H2,1-2H3. The molecule has 2 rings (SSSR count). The van der Waals surface area contributed by atoms with Crippen LogP contribution in [0.2, 0.25) is 0 Å². The summed E-state index contributed by atoms with van der Waals surface area (Å²) in [4.78, 5) is 2.38. The van der Waals surface area contributed by atoms with Crippen molar-refractivity contribution in [3.05, 3.63) is 27.2 Å². The molecule has 1 aromatic carbocycles. The molecular formula is C13H19BrN2O. The third kappa shape index (κ3) is 2.81. The zero-order valence-corrected chi connectivity index (χ0v) is 12.0. The minimum atomic E-state index is 0.448. The number of hydrogen-bond donors (Lipinski definition) is 2. The first kappa shape index (κ1) is 12.9. The summed E-state index contributed by atoms with van der Waals surface area (Å²) >= 11 is 3.55. The Kier molecular flexibility index (Phi) is 4.07. The van der Waals surface area contributed by atoms with Gasteiger partial charge in [0.2, 0.25) is 0 Å². The number of phenols is 1. The van der Waals surface area contributed by atoms with Crippen LogP contribution in [-0.2, 0) is 6.54 Å². The number of phenolic OH excluding ortho intramolecular Hbond substituents is 1. The average molecular weight is 299 g/mol. The van der Waals surface area contributed by atoms with Gasteiger partial charge in [0, 0.05) is 42.8 Å². The minimum absolute atomic E-state index is 0.448. The monoisotopic (exact) mass is 298 g/mol. The Balaban J connectivity index is 2.24. The van der Waals surface area contributed by atoms with Gasteiger partial charge in [0.05, 0.1) is 0 Å². The topological polar surface area (TPSA) is 35.5 Å². The molecule has 0 spiro atoms. The van der Waals surface area contributed by atoms with Crippen molar-refractivity contribution in [3.8, 4) is 5.75 Å². The Morgan fingerprint density at radius 2 is 2.00 bits per heavy atom. The van der Waals surface area contributed by atoms with E-state index in [0.717, 1.165) is 53.9 Å². The normalized spacial score (nSPS) is 17.4.